The lowest BCUT2D eigenvalue weighted by Gasteiger charge is -2.42. The molecular formula is C37H50ClN3O15. The van der Waals surface area contributed by atoms with Gasteiger partial charge in [-0.1, -0.05) is 18.0 Å². The SMILES string of the molecule is COc1ccc2nc3cc(Cl)ccc3c(NC(=O)CCCCCN3CC(COC4OC(CO)C(O)C(O)C4O)OC(OCC4OC(O)C(O)C(O)C4O)C3)c2c1. The molecule has 4 heterocycles. The quantitative estimate of drug-likeness (QED) is 0.0673. The first-order chi connectivity index (χ1) is 26.9. The second-order valence-corrected chi connectivity index (χ2v) is 14.7. The summed E-state index contributed by atoms with van der Waals surface area (Å²) >= 11 is 6.24. The first-order valence-electron chi connectivity index (χ1n) is 18.5. The number of aromatic nitrogens is 1. The zero-order valence-electron chi connectivity index (χ0n) is 30.7. The minimum atomic E-state index is -1.74. The average molecular weight is 812 g/mol. The van der Waals surface area contributed by atoms with E-state index >= 15 is 0 Å². The zero-order valence-corrected chi connectivity index (χ0v) is 31.4. The van der Waals surface area contributed by atoms with Crippen LogP contribution in [0.3, 0.4) is 0 Å². The molecule has 56 heavy (non-hydrogen) atoms. The number of nitrogens with zero attached hydrogens (tertiary/aromatic N) is 2. The maximum atomic E-state index is 13.3. The normalized spacial score (nSPS) is 32.8. The number of carbonyl (C=O) groups excluding carboxylic acids is 1. The van der Waals surface area contributed by atoms with Crippen LogP contribution in [0.15, 0.2) is 36.4 Å². The fourth-order valence-electron chi connectivity index (χ4n) is 7.08. The van der Waals surface area contributed by atoms with Crippen LogP contribution in [0, 0.1) is 0 Å². The largest absolute Gasteiger partial charge is 0.497 e. The topological polar surface area (TPSA) is 262 Å². The van der Waals surface area contributed by atoms with Crippen molar-refractivity contribution < 1.29 is 74.1 Å². The Bertz CT molecular complexity index is 1780. The molecule has 310 valence electrons. The summed E-state index contributed by atoms with van der Waals surface area (Å²) in [5, 5.41) is 85.5. The Labute approximate surface area is 327 Å². The van der Waals surface area contributed by atoms with E-state index in [9.17, 15) is 45.6 Å². The number of aliphatic hydroxyl groups excluding tert-OH is 8. The highest BCUT2D eigenvalue weighted by molar-refractivity contribution is 6.31. The predicted molar refractivity (Wildman–Crippen MR) is 198 cm³/mol. The van der Waals surface area contributed by atoms with Crippen LogP contribution in [-0.2, 0) is 28.5 Å². The van der Waals surface area contributed by atoms with E-state index in [1.54, 1.807) is 25.3 Å². The number of benzene rings is 2. The van der Waals surface area contributed by atoms with Gasteiger partial charge >= 0.3 is 0 Å². The van der Waals surface area contributed by atoms with Gasteiger partial charge in [-0.25, -0.2) is 4.98 Å². The molecule has 3 aliphatic heterocycles. The van der Waals surface area contributed by atoms with Gasteiger partial charge in [0.25, 0.3) is 0 Å². The molecule has 0 radical (unpaired) electrons. The molecule has 1 aromatic heterocycles. The third-order valence-electron chi connectivity index (χ3n) is 10.2. The van der Waals surface area contributed by atoms with E-state index in [0.717, 1.165) is 10.8 Å². The number of hydrogen-bond acceptors (Lipinski definition) is 17. The van der Waals surface area contributed by atoms with Gasteiger partial charge in [-0.15, -0.1) is 0 Å². The molecule has 1 amide bonds. The monoisotopic (exact) mass is 811 g/mol. The zero-order chi connectivity index (χ0) is 40.1. The Kier molecular flexibility index (Phi) is 14.7. The summed E-state index contributed by atoms with van der Waals surface area (Å²) < 4.78 is 33.8. The Hall–Kier alpha value is -2.89. The number of hydrogen-bond donors (Lipinski definition) is 9. The van der Waals surface area contributed by atoms with E-state index in [4.69, 9.17) is 45.0 Å². The van der Waals surface area contributed by atoms with Crippen LogP contribution in [-0.4, -0.2) is 177 Å². The van der Waals surface area contributed by atoms with Crippen molar-refractivity contribution in [3.05, 3.63) is 41.4 Å². The number of rotatable bonds is 15. The molecule has 0 bridgehead atoms. The second kappa shape index (κ2) is 19.2. The third kappa shape index (κ3) is 10.0. The molecule has 3 aromatic rings. The minimum Gasteiger partial charge on any atom is -0.497 e. The maximum absolute atomic E-state index is 13.3. The molecule has 0 aliphatic carbocycles. The number of anilines is 1. The highest BCUT2D eigenvalue weighted by atomic mass is 35.5. The van der Waals surface area contributed by atoms with Crippen LogP contribution in [0.1, 0.15) is 25.7 Å². The summed E-state index contributed by atoms with van der Waals surface area (Å²) in [5.74, 6) is 0.454. The molecule has 12 unspecified atom stereocenters. The molecule has 3 fully saturated rings. The van der Waals surface area contributed by atoms with Gasteiger partial charge in [-0.3, -0.25) is 9.69 Å². The van der Waals surface area contributed by atoms with E-state index in [0.29, 0.717) is 59.8 Å². The Balaban J connectivity index is 1.04. The number of fused-ring (bicyclic) bond motifs is 2. The number of halogens is 1. The van der Waals surface area contributed by atoms with Crippen molar-refractivity contribution in [2.75, 3.05) is 51.9 Å². The minimum absolute atomic E-state index is 0.151. The Morgan fingerprint density at radius 2 is 1.59 bits per heavy atom. The highest BCUT2D eigenvalue weighted by Crippen LogP contribution is 2.34. The van der Waals surface area contributed by atoms with E-state index in [2.05, 4.69) is 5.32 Å². The number of unbranched alkanes of at least 4 members (excludes halogenated alkanes) is 2. The third-order valence-corrected chi connectivity index (χ3v) is 10.5. The van der Waals surface area contributed by atoms with Crippen LogP contribution < -0.4 is 10.1 Å². The van der Waals surface area contributed by atoms with Gasteiger partial charge < -0.3 is 74.6 Å². The summed E-state index contributed by atoms with van der Waals surface area (Å²) in [6, 6.07) is 10.8. The van der Waals surface area contributed by atoms with Crippen molar-refractivity contribution in [2.45, 2.75) is 99.5 Å². The molecule has 2 aromatic carbocycles. The van der Waals surface area contributed by atoms with Crippen molar-refractivity contribution in [1.82, 2.24) is 9.88 Å². The van der Waals surface area contributed by atoms with Crippen molar-refractivity contribution in [3.63, 3.8) is 0 Å². The second-order valence-electron chi connectivity index (χ2n) is 14.2. The lowest BCUT2D eigenvalue weighted by molar-refractivity contribution is -0.316. The van der Waals surface area contributed by atoms with Crippen LogP contribution >= 0.6 is 11.6 Å². The number of amides is 1. The molecule has 18 nitrogen and oxygen atoms in total. The van der Waals surface area contributed by atoms with Gasteiger partial charge in [-0.2, -0.15) is 0 Å². The van der Waals surface area contributed by atoms with E-state index in [-0.39, 0.29) is 32.1 Å². The number of pyridine rings is 1. The van der Waals surface area contributed by atoms with Crippen molar-refractivity contribution in [1.29, 1.82) is 0 Å². The highest BCUT2D eigenvalue weighted by Gasteiger charge is 2.45. The lowest BCUT2D eigenvalue weighted by atomic mass is 9.99. The maximum Gasteiger partial charge on any atom is 0.224 e. The summed E-state index contributed by atoms with van der Waals surface area (Å²) in [4.78, 5) is 20.0. The molecule has 12 atom stereocenters. The number of ether oxygens (including phenoxy) is 6. The van der Waals surface area contributed by atoms with Gasteiger partial charge in [0.15, 0.2) is 18.9 Å². The van der Waals surface area contributed by atoms with Crippen LogP contribution in [0.25, 0.3) is 21.8 Å². The summed E-state index contributed by atoms with van der Waals surface area (Å²) in [6.07, 6.45) is -14.5. The molecular weight excluding hydrogens is 762 g/mol. The summed E-state index contributed by atoms with van der Waals surface area (Å²) in [6.45, 7) is 0.101. The average Bonchev–Trinajstić information content (AvgIpc) is 3.19. The van der Waals surface area contributed by atoms with Gasteiger partial charge in [0.05, 0.1) is 49.8 Å². The fraction of sp³-hybridized carbons (Fsp3) is 0.622. The van der Waals surface area contributed by atoms with Crippen LogP contribution in [0.5, 0.6) is 5.75 Å². The molecule has 3 saturated heterocycles. The van der Waals surface area contributed by atoms with E-state index in [1.165, 1.54) is 0 Å². The number of morpholine rings is 1. The van der Waals surface area contributed by atoms with Gasteiger partial charge in [0, 0.05) is 35.3 Å². The molecule has 3 aliphatic rings. The number of methoxy groups -OCH3 is 1. The first-order valence-corrected chi connectivity index (χ1v) is 18.9. The number of carbonyl (C=O) groups is 1. The van der Waals surface area contributed by atoms with Gasteiger partial charge in [0.1, 0.15) is 54.6 Å². The molecule has 9 N–H and O–H groups in total. The standard InChI is InChI=1S/C37H50ClN3O15/c1-51-19-7-9-23-22(12-19)29(21-8-6-18(38)11-24(21)39-23)40-27(43)5-3-2-4-10-41-13-20(16-53-37-35(49)33(47)30(44)25(15-42)56-37)54-28(14-41)52-17-26-31(45)32(46)34(48)36(50)55-26/h6-9,11-12,20,25-26,28,30-37,42,44-50H,2-5,10,13-17H2,1H3,(H,39,40,43). The van der Waals surface area contributed by atoms with Crippen LogP contribution in [0.4, 0.5) is 5.69 Å². The van der Waals surface area contributed by atoms with Gasteiger partial charge in [0.2, 0.25) is 5.91 Å². The fourth-order valence-corrected chi connectivity index (χ4v) is 7.24. The smallest absolute Gasteiger partial charge is 0.224 e. The van der Waals surface area contributed by atoms with E-state index in [1.807, 2.05) is 23.1 Å². The Morgan fingerprint density at radius 1 is 0.821 bits per heavy atom. The summed E-state index contributed by atoms with van der Waals surface area (Å²) in [5.41, 5.74) is 1.94. The number of aliphatic hydroxyl groups is 8. The molecule has 19 heteroatoms. The van der Waals surface area contributed by atoms with E-state index < -0.39 is 80.4 Å². The molecule has 6 rings (SSSR count). The summed E-state index contributed by atoms with van der Waals surface area (Å²) in [7, 11) is 1.57. The van der Waals surface area contributed by atoms with Crippen molar-refractivity contribution in [2.24, 2.45) is 0 Å². The first kappa shape index (κ1) is 42.7. The molecule has 0 spiro atoms. The molecule has 0 saturated carbocycles. The predicted octanol–water partition coefficient (Wildman–Crippen LogP) is -0.791. The lowest BCUT2D eigenvalue weighted by Crippen LogP contribution is -2.60. The Morgan fingerprint density at radius 3 is 2.36 bits per heavy atom. The van der Waals surface area contributed by atoms with Crippen molar-refractivity contribution >= 4 is 45.0 Å². The van der Waals surface area contributed by atoms with Gasteiger partial charge in [-0.05, 0) is 55.8 Å². The van der Waals surface area contributed by atoms with Crippen LogP contribution in [0.2, 0.25) is 5.02 Å². The van der Waals surface area contributed by atoms with Crippen molar-refractivity contribution in [3.8, 4) is 5.75 Å². The number of nitrogens with one attached hydrogen (secondary N) is 1.